The van der Waals surface area contributed by atoms with Crippen molar-refractivity contribution in [2.75, 3.05) is 53.6 Å². The lowest BCUT2D eigenvalue weighted by molar-refractivity contribution is -0.137. The number of rotatable bonds is 27. The lowest BCUT2D eigenvalue weighted by Crippen LogP contribution is -2.28. The summed E-state index contributed by atoms with van der Waals surface area (Å²) in [6.45, 7) is 5.56. The molecule has 0 atom stereocenters. The molecule has 0 fully saturated rings. The molecule has 22 nitrogen and oxygen atoms in total. The molecule has 0 spiro atoms. The molecule has 0 radical (unpaired) electrons. The van der Waals surface area contributed by atoms with Gasteiger partial charge in [-0.25, -0.2) is 32.2 Å². The molecular weight excluding hydrogens is 1310 g/mol. The zero-order valence-corrected chi connectivity index (χ0v) is 54.4. The first-order valence-corrected chi connectivity index (χ1v) is 29.5. The summed E-state index contributed by atoms with van der Waals surface area (Å²) in [5.74, 6) is 0.707. The monoisotopic (exact) mass is 1380 g/mol. The molecule has 1 aromatic heterocycles. The minimum absolute atomic E-state index is 0.0231. The zero-order chi connectivity index (χ0) is 71.6. The van der Waals surface area contributed by atoms with Crippen LogP contribution < -0.4 is 27.6 Å². The first kappa shape index (κ1) is 84.3. The quantitative estimate of drug-likeness (QED) is 0.00347. The number of carbonyl (C=O) groups excluding carboxylic acids is 4. The maximum Gasteiger partial charge on any atom is 0.303 e. The number of aryl methyl sites for hydroxylation is 1. The van der Waals surface area contributed by atoms with Crippen molar-refractivity contribution < 1.29 is 84.6 Å². The van der Waals surface area contributed by atoms with Gasteiger partial charge in [0.1, 0.15) is 59.9 Å². The number of hydrogen-bond acceptors (Lipinski definition) is 17. The van der Waals surface area contributed by atoms with E-state index in [2.05, 4.69) is 37.1 Å². The van der Waals surface area contributed by atoms with Crippen LogP contribution in [0.1, 0.15) is 79.7 Å². The molecule has 10 N–H and O–H groups in total. The highest BCUT2D eigenvalue weighted by Gasteiger charge is 2.10. The molecule has 0 unspecified atom stereocenters. The van der Waals surface area contributed by atoms with Crippen molar-refractivity contribution in [3.8, 4) is 17.5 Å². The van der Waals surface area contributed by atoms with Gasteiger partial charge in [0, 0.05) is 64.1 Å². The molecule has 0 aliphatic carbocycles. The van der Waals surface area contributed by atoms with E-state index in [0.29, 0.717) is 73.7 Å². The van der Waals surface area contributed by atoms with Gasteiger partial charge in [0.2, 0.25) is 34.7 Å². The molecule has 518 valence electrons. The maximum atomic E-state index is 12.9. The Balaban J connectivity index is 0.000000604. The first-order valence-electron chi connectivity index (χ1n) is 28.8. The number of nitriles is 1. The molecule has 7 aromatic rings. The molecule has 0 aliphatic rings. The Morgan fingerprint density at radius 3 is 1.27 bits per heavy atom. The smallest absolute Gasteiger partial charge is 0.303 e. The van der Waals surface area contributed by atoms with Gasteiger partial charge in [-0.3, -0.25) is 24.0 Å². The maximum absolute atomic E-state index is 12.9. The van der Waals surface area contributed by atoms with Crippen LogP contribution in [-0.2, 0) is 64.4 Å². The Bertz CT molecular complexity index is 3380. The van der Waals surface area contributed by atoms with Crippen molar-refractivity contribution >= 4 is 58.0 Å². The number of benzene rings is 6. The molecule has 3 amide bonds. The Morgan fingerprint density at radius 2 is 0.938 bits per heavy atom. The number of carboxylic acid groups (broad SMARTS) is 1. The molecule has 1 heterocycles. The van der Waals surface area contributed by atoms with Crippen LogP contribution in [0, 0.1) is 46.2 Å². The Kier molecular flexibility index (Phi) is 44.5. The topological polar surface area (TPSA) is 340 Å². The SMILES string of the molecule is CC(C)=C(Cl)N(C)C.N#Cc1ccc(F)cc1.NC(=NO)c1ccc(F)cc1.NO.O=C(COCc1ccc(F)cc1)NCCCc1nc(-c2ccc(F)cc2)no1.O=C(Cl)CCCNC(=O)COCc1ccc(F)cc1.O=C(O)CCCNC(=O)COCc1ccc(F)cc1. The number of allylic oxidation sites excluding steroid dienone is 1. The van der Waals surface area contributed by atoms with E-state index in [1.165, 1.54) is 97.1 Å². The highest BCUT2D eigenvalue weighted by atomic mass is 35.5. The minimum Gasteiger partial charge on any atom is -0.481 e. The van der Waals surface area contributed by atoms with Gasteiger partial charge >= 0.3 is 5.97 Å². The van der Waals surface area contributed by atoms with Crippen molar-refractivity contribution in [3.05, 3.63) is 225 Å². The van der Waals surface area contributed by atoms with E-state index in [9.17, 15) is 50.3 Å². The van der Waals surface area contributed by atoms with E-state index < -0.39 is 11.2 Å². The van der Waals surface area contributed by atoms with Crippen LogP contribution in [0.3, 0.4) is 0 Å². The van der Waals surface area contributed by atoms with Gasteiger partial charge in [-0.05, 0) is 176 Å². The molecule has 0 bridgehead atoms. The molecule has 0 saturated heterocycles. The first-order chi connectivity index (χ1) is 45.9. The van der Waals surface area contributed by atoms with E-state index in [4.69, 9.17) is 68.5 Å². The van der Waals surface area contributed by atoms with Crippen molar-refractivity contribution in [1.82, 2.24) is 31.0 Å². The van der Waals surface area contributed by atoms with Crippen LogP contribution >= 0.6 is 23.2 Å². The van der Waals surface area contributed by atoms with Crippen molar-refractivity contribution in [2.24, 2.45) is 16.8 Å². The number of nitrogens with one attached hydrogen (secondary N) is 3. The second kappa shape index (κ2) is 50.7. The number of halogens is 8. The van der Waals surface area contributed by atoms with E-state index in [0.717, 1.165) is 27.4 Å². The van der Waals surface area contributed by atoms with Gasteiger partial charge in [-0.15, -0.1) is 0 Å². The predicted octanol–water partition coefficient (Wildman–Crippen LogP) is 10.6. The summed E-state index contributed by atoms with van der Waals surface area (Å²) >= 11 is 10.9. The molecule has 0 aliphatic heterocycles. The molecule has 30 heteroatoms. The summed E-state index contributed by atoms with van der Waals surface area (Å²) in [7, 11) is 3.85. The number of amidine groups is 1. The van der Waals surface area contributed by atoms with Crippen LogP contribution in [0.4, 0.5) is 26.3 Å². The van der Waals surface area contributed by atoms with Crippen molar-refractivity contribution in [1.29, 1.82) is 5.26 Å². The third-order valence-corrected chi connectivity index (χ3v) is 12.4. The van der Waals surface area contributed by atoms with Gasteiger partial charge < -0.3 is 60.8 Å². The second-order valence-corrected chi connectivity index (χ2v) is 20.6. The number of amides is 3. The number of ether oxygens (including phenoxy) is 3. The summed E-state index contributed by atoms with van der Waals surface area (Å²) in [4.78, 5) is 61.2. The largest absolute Gasteiger partial charge is 0.481 e. The number of hydrogen-bond donors (Lipinski definition) is 8. The van der Waals surface area contributed by atoms with Crippen molar-refractivity contribution in [3.63, 3.8) is 0 Å². The lowest BCUT2D eigenvalue weighted by atomic mass is 10.2. The highest BCUT2D eigenvalue weighted by Crippen LogP contribution is 2.17. The summed E-state index contributed by atoms with van der Waals surface area (Å²) in [5, 5.41) is 46.3. The van der Waals surface area contributed by atoms with Crippen molar-refractivity contribution in [2.45, 2.75) is 72.2 Å². The van der Waals surface area contributed by atoms with E-state index in [-0.39, 0.29) is 111 Å². The molecule has 96 heavy (non-hydrogen) atoms. The predicted molar refractivity (Wildman–Crippen MR) is 346 cm³/mol. The average Bonchev–Trinajstić information content (AvgIpc) is 1.75. The van der Waals surface area contributed by atoms with Gasteiger partial charge in [-0.1, -0.05) is 58.3 Å². The number of nitrogens with two attached hydrogens (primary N) is 2. The summed E-state index contributed by atoms with van der Waals surface area (Å²) in [5.41, 5.74) is 10.4. The molecule has 6 aromatic carbocycles. The fourth-order valence-corrected chi connectivity index (χ4v) is 6.93. The fourth-order valence-electron chi connectivity index (χ4n) is 6.79. The molecule has 7 rings (SSSR count). The average molecular weight is 1390 g/mol. The van der Waals surface area contributed by atoms with E-state index in [1.54, 1.807) is 48.5 Å². The lowest BCUT2D eigenvalue weighted by Gasteiger charge is -2.11. The van der Waals surface area contributed by atoms with Gasteiger partial charge in [0.15, 0.2) is 5.84 Å². The fraction of sp³-hybridized carbons (Fsp3) is 0.288. The number of nitrogens with zero attached hydrogens (tertiary/aromatic N) is 5. The van der Waals surface area contributed by atoms with Gasteiger partial charge in [0.25, 0.3) is 0 Å². The Morgan fingerprint density at radius 1 is 0.583 bits per heavy atom. The normalized spacial score (nSPS) is 10.1. The van der Waals surface area contributed by atoms with Crippen LogP contribution in [0.25, 0.3) is 11.4 Å². The minimum atomic E-state index is -0.887. The highest BCUT2D eigenvalue weighted by molar-refractivity contribution is 6.63. The van der Waals surface area contributed by atoms with Crippen LogP contribution in [0.2, 0.25) is 0 Å². The van der Waals surface area contributed by atoms with E-state index in [1.807, 2.05) is 38.9 Å². The standard InChI is InChI=1S/C20H19F2N3O3.C13H15ClFNO3.C13H16FNO4.C7H7FN2O.C7H4FN.C6H12ClN.H3NO/c21-16-7-3-14(4-8-16)12-27-13-18(26)23-11-1-2-19-24-20(25-28-19)15-5-9-17(22)10-6-15;14-12(17)2-1-7-16-13(18)9-19-8-10-3-5-11(15)6-4-10;14-11-5-3-10(4-6-11)8-19-9-12(16)15-7-1-2-13(17)18;8-6-3-1-5(2-4-6)7(9)10-11;8-7-3-1-6(5-9)2-4-7;1-5(2)6(7)8(3)4;1-2/h3-10H,1-2,11-13H2,(H,23,26);3-6H,1-2,7-9H2,(H,16,18);3-6H,1-2,7-9H2,(H,15,16)(H,17,18);1-4,11H,(H2,9,10);1-4H;1-4H3;2H,1H2. The molecule has 0 saturated carbocycles. The second-order valence-electron chi connectivity index (χ2n) is 19.8. The zero-order valence-electron chi connectivity index (χ0n) is 52.9. The number of carboxylic acids is 1. The Labute approximate surface area is 561 Å². The number of aliphatic carboxylic acids is 1. The van der Waals surface area contributed by atoms with E-state index >= 15 is 0 Å². The third-order valence-electron chi connectivity index (χ3n) is 11.5. The van der Waals surface area contributed by atoms with Crippen LogP contribution in [-0.4, -0.2) is 119 Å². The van der Waals surface area contributed by atoms with Gasteiger partial charge in [0.05, 0.1) is 31.5 Å². The summed E-state index contributed by atoms with van der Waals surface area (Å²) in [6, 6.07) is 36.1. The molecular formula is C66H76Cl2F6N10O12. The third kappa shape index (κ3) is 41.8. The van der Waals surface area contributed by atoms with Crippen LogP contribution in [0.15, 0.2) is 166 Å². The Hall–Kier alpha value is -9.73. The summed E-state index contributed by atoms with van der Waals surface area (Å²) in [6.07, 6.45) is 2.28. The number of aromatic nitrogens is 2. The number of carbonyl (C=O) groups is 5. The number of oxime groups is 1. The summed E-state index contributed by atoms with van der Waals surface area (Å²) < 4.78 is 96.2. The van der Waals surface area contributed by atoms with Crippen LogP contribution in [0.5, 0.6) is 0 Å². The van der Waals surface area contributed by atoms with Gasteiger partial charge in [-0.2, -0.15) is 10.2 Å².